The van der Waals surface area contributed by atoms with Gasteiger partial charge in [0.15, 0.2) is 5.82 Å². The number of piperidine rings is 1. The van der Waals surface area contributed by atoms with Crippen molar-refractivity contribution in [2.24, 2.45) is 0 Å². The van der Waals surface area contributed by atoms with Crippen LogP contribution in [0.3, 0.4) is 0 Å². The van der Waals surface area contributed by atoms with E-state index in [0.29, 0.717) is 31.8 Å². The number of halogens is 1. The number of aromatic nitrogens is 4. The Bertz CT molecular complexity index is 1100. The molecule has 0 saturated carbocycles. The fourth-order valence-corrected chi connectivity index (χ4v) is 6.36. The van der Waals surface area contributed by atoms with Crippen LogP contribution in [0.1, 0.15) is 42.4 Å². The van der Waals surface area contributed by atoms with Crippen LogP contribution in [0.25, 0.3) is 6.08 Å². The molecule has 2 fully saturated rings. The van der Waals surface area contributed by atoms with E-state index in [1.165, 1.54) is 22.3 Å². The van der Waals surface area contributed by atoms with Crippen molar-refractivity contribution >= 4 is 55.2 Å². The largest absolute Gasteiger partial charge is 0.332 e. The molecule has 11 nitrogen and oxygen atoms in total. The Kier molecular flexibility index (Phi) is 7.02. The molecule has 32 heavy (non-hydrogen) atoms. The number of tetrazole rings is 1. The summed E-state index contributed by atoms with van der Waals surface area (Å²) in [5, 5.41) is 14.8. The van der Waals surface area contributed by atoms with Crippen LogP contribution in [0.4, 0.5) is 0 Å². The van der Waals surface area contributed by atoms with E-state index in [1.54, 1.807) is 11.0 Å². The van der Waals surface area contributed by atoms with Crippen LogP contribution < -0.4 is 4.72 Å². The Labute approximate surface area is 197 Å². The number of amides is 2. The molecule has 0 aliphatic carbocycles. The standard InChI is InChI=1S/C18H22BrN7O4S2/c19-15-6-5-12(31-15)7-10-32(29,30)22-13-3-1-8-25(18(13)28)11-16(27)26-9-2-4-14(26)17-20-23-24-21-17/h5-7,10,13-14,22H,1-4,8-9,11H2,(H,20,21,23,24)/b10-7+/t13-,14-/m0/s1. The van der Waals surface area contributed by atoms with Gasteiger partial charge in [-0.25, -0.2) is 13.5 Å². The van der Waals surface area contributed by atoms with Crippen molar-refractivity contribution in [3.8, 4) is 0 Å². The number of carbonyl (C=O) groups is 2. The maximum atomic E-state index is 12.9. The molecule has 2 saturated heterocycles. The Morgan fingerprint density at radius 3 is 2.84 bits per heavy atom. The van der Waals surface area contributed by atoms with Gasteiger partial charge in [0, 0.05) is 23.4 Å². The van der Waals surface area contributed by atoms with E-state index in [4.69, 9.17) is 0 Å². The summed E-state index contributed by atoms with van der Waals surface area (Å²) in [4.78, 5) is 29.7. The highest BCUT2D eigenvalue weighted by atomic mass is 79.9. The zero-order valence-electron chi connectivity index (χ0n) is 17.0. The molecule has 2 atom stereocenters. The first-order valence-electron chi connectivity index (χ1n) is 10.1. The van der Waals surface area contributed by atoms with Gasteiger partial charge in [0.05, 0.1) is 16.4 Å². The van der Waals surface area contributed by atoms with Gasteiger partial charge in [0.1, 0.15) is 6.04 Å². The molecule has 2 aromatic heterocycles. The van der Waals surface area contributed by atoms with E-state index in [-0.39, 0.29) is 18.5 Å². The summed E-state index contributed by atoms with van der Waals surface area (Å²) >= 11 is 4.73. The van der Waals surface area contributed by atoms with Crippen molar-refractivity contribution in [1.29, 1.82) is 0 Å². The second-order valence-electron chi connectivity index (χ2n) is 7.59. The molecule has 2 aromatic rings. The number of thiophene rings is 1. The highest BCUT2D eigenvalue weighted by molar-refractivity contribution is 9.11. The molecule has 0 bridgehead atoms. The number of nitrogens with one attached hydrogen (secondary N) is 2. The average Bonchev–Trinajstić information content (AvgIpc) is 3.50. The van der Waals surface area contributed by atoms with Gasteiger partial charge in [0.2, 0.25) is 21.8 Å². The van der Waals surface area contributed by atoms with Gasteiger partial charge in [-0.2, -0.15) is 4.72 Å². The first kappa shape index (κ1) is 23.0. The van der Waals surface area contributed by atoms with Gasteiger partial charge in [0.25, 0.3) is 0 Å². The summed E-state index contributed by atoms with van der Waals surface area (Å²) < 4.78 is 28.3. The first-order valence-corrected chi connectivity index (χ1v) is 13.3. The van der Waals surface area contributed by atoms with Crippen molar-refractivity contribution in [3.05, 3.63) is 32.0 Å². The van der Waals surface area contributed by atoms with Gasteiger partial charge < -0.3 is 9.80 Å². The summed E-state index contributed by atoms with van der Waals surface area (Å²) in [6.07, 6.45) is 4.03. The number of carbonyl (C=O) groups excluding carboxylic acids is 2. The first-order chi connectivity index (χ1) is 15.3. The fourth-order valence-electron chi connectivity index (χ4n) is 3.93. The Balaban J connectivity index is 1.37. The number of likely N-dealkylation sites (tertiary alicyclic amines) is 2. The zero-order chi connectivity index (χ0) is 22.7. The highest BCUT2D eigenvalue weighted by Gasteiger charge is 2.36. The lowest BCUT2D eigenvalue weighted by molar-refractivity contribution is -0.143. The van der Waals surface area contributed by atoms with E-state index in [1.807, 2.05) is 6.07 Å². The molecular formula is C18H22BrN7O4S2. The number of nitrogens with zero attached hydrogens (tertiary/aromatic N) is 5. The van der Waals surface area contributed by atoms with E-state index in [9.17, 15) is 18.0 Å². The third-order valence-corrected chi connectivity index (χ3v) is 8.12. The van der Waals surface area contributed by atoms with Crippen molar-refractivity contribution in [3.63, 3.8) is 0 Å². The third-order valence-electron chi connectivity index (χ3n) is 5.42. The van der Waals surface area contributed by atoms with Crippen molar-refractivity contribution in [1.82, 2.24) is 35.1 Å². The van der Waals surface area contributed by atoms with Gasteiger partial charge in [-0.3, -0.25) is 9.59 Å². The van der Waals surface area contributed by atoms with Gasteiger partial charge in [-0.05, 0) is 70.2 Å². The van der Waals surface area contributed by atoms with Gasteiger partial charge in [-0.1, -0.05) is 0 Å². The number of hydrogen-bond acceptors (Lipinski definition) is 8. The molecule has 4 rings (SSSR count). The predicted molar refractivity (Wildman–Crippen MR) is 121 cm³/mol. The maximum Gasteiger partial charge on any atom is 0.242 e. The molecule has 2 aliphatic heterocycles. The molecule has 0 spiro atoms. The number of hydrogen-bond donors (Lipinski definition) is 2. The molecule has 0 radical (unpaired) electrons. The monoisotopic (exact) mass is 543 g/mol. The maximum absolute atomic E-state index is 12.9. The minimum atomic E-state index is -3.82. The van der Waals surface area contributed by atoms with Gasteiger partial charge in [-0.15, -0.1) is 16.4 Å². The van der Waals surface area contributed by atoms with E-state index < -0.39 is 22.0 Å². The normalized spacial score (nSPS) is 22.2. The lowest BCUT2D eigenvalue weighted by atomic mass is 10.1. The summed E-state index contributed by atoms with van der Waals surface area (Å²) in [5.41, 5.74) is 0. The smallest absolute Gasteiger partial charge is 0.242 e. The number of sulfonamides is 1. The van der Waals surface area contributed by atoms with Crippen molar-refractivity contribution in [2.45, 2.75) is 37.8 Å². The number of H-pyrrole nitrogens is 1. The van der Waals surface area contributed by atoms with Crippen LogP contribution in [0, 0.1) is 0 Å². The SMILES string of the molecule is O=C1[C@@H](NS(=O)(=O)/C=C/c2ccc(Br)s2)CCCN1CC(=O)N1CCC[C@H]1c1nnn[nH]1. The summed E-state index contributed by atoms with van der Waals surface area (Å²) in [6.45, 7) is 0.865. The summed E-state index contributed by atoms with van der Waals surface area (Å²) in [7, 11) is -3.82. The Morgan fingerprint density at radius 2 is 2.12 bits per heavy atom. The summed E-state index contributed by atoms with van der Waals surface area (Å²) in [5.74, 6) is -0.0718. The minimum Gasteiger partial charge on any atom is -0.332 e. The number of rotatable bonds is 7. The van der Waals surface area contributed by atoms with Crippen LogP contribution in [0.2, 0.25) is 0 Å². The third kappa shape index (κ3) is 5.42. The topological polar surface area (TPSA) is 141 Å². The molecular weight excluding hydrogens is 522 g/mol. The molecule has 0 aromatic carbocycles. The Hall–Kier alpha value is -2.16. The predicted octanol–water partition coefficient (Wildman–Crippen LogP) is 1.27. The van der Waals surface area contributed by atoms with Crippen LogP contribution >= 0.6 is 27.3 Å². The highest BCUT2D eigenvalue weighted by Crippen LogP contribution is 2.29. The van der Waals surface area contributed by atoms with Crippen LogP contribution in [-0.4, -0.2) is 76.3 Å². The van der Waals surface area contributed by atoms with E-state index in [0.717, 1.165) is 26.9 Å². The Morgan fingerprint density at radius 1 is 1.31 bits per heavy atom. The molecule has 2 N–H and O–H groups in total. The fraction of sp³-hybridized carbons (Fsp3) is 0.500. The molecule has 2 amide bonds. The van der Waals surface area contributed by atoms with Gasteiger partial charge >= 0.3 is 0 Å². The minimum absolute atomic E-state index is 0.103. The molecule has 2 aliphatic rings. The van der Waals surface area contributed by atoms with Crippen LogP contribution in [-0.2, 0) is 19.6 Å². The zero-order valence-corrected chi connectivity index (χ0v) is 20.2. The van der Waals surface area contributed by atoms with Crippen molar-refractivity contribution < 1.29 is 18.0 Å². The van der Waals surface area contributed by atoms with Crippen molar-refractivity contribution in [2.75, 3.05) is 19.6 Å². The molecule has 4 heterocycles. The summed E-state index contributed by atoms with van der Waals surface area (Å²) in [6, 6.07) is 2.48. The quantitative estimate of drug-likeness (QED) is 0.535. The van der Waals surface area contributed by atoms with Crippen LogP contribution in [0.15, 0.2) is 21.3 Å². The number of aromatic amines is 1. The lowest BCUT2D eigenvalue weighted by Crippen LogP contribution is -2.54. The second-order valence-corrected chi connectivity index (χ2v) is 11.7. The van der Waals surface area contributed by atoms with E-state index >= 15 is 0 Å². The molecule has 172 valence electrons. The molecule has 14 heteroatoms. The molecule has 0 unspecified atom stereocenters. The average molecular weight is 544 g/mol. The lowest BCUT2D eigenvalue weighted by Gasteiger charge is -2.33. The van der Waals surface area contributed by atoms with Crippen LogP contribution in [0.5, 0.6) is 0 Å². The second kappa shape index (κ2) is 9.77. The van der Waals surface area contributed by atoms with E-state index in [2.05, 4.69) is 41.3 Å².